The van der Waals surface area contributed by atoms with Gasteiger partial charge in [0.25, 0.3) is 0 Å². The fourth-order valence-corrected chi connectivity index (χ4v) is 23.2. The van der Waals surface area contributed by atoms with E-state index >= 15 is 0 Å². The van der Waals surface area contributed by atoms with Crippen molar-refractivity contribution in [2.75, 3.05) is 0 Å². The van der Waals surface area contributed by atoms with Crippen LogP contribution in [0.25, 0.3) is 0 Å². The molecule has 0 heterocycles. The molecule has 5 heteroatoms. The Kier molecular flexibility index (Phi) is 10.5. The summed E-state index contributed by atoms with van der Waals surface area (Å²) in [5, 5.41) is 1.14. The van der Waals surface area contributed by atoms with E-state index in [0.29, 0.717) is 6.52 Å². The van der Waals surface area contributed by atoms with Crippen LogP contribution >= 0.6 is 0 Å². The van der Waals surface area contributed by atoms with Crippen molar-refractivity contribution in [3.63, 3.8) is 0 Å². The molecule has 1 aromatic rings. The molecule has 0 aliphatic heterocycles. The fraction of sp³-hybridized carbons (Fsp3) is 0.714. The summed E-state index contributed by atoms with van der Waals surface area (Å²) in [7, 11) is -1.90. The molecule has 0 amide bonds. The van der Waals surface area contributed by atoms with E-state index in [-0.39, 0.29) is 0 Å². The molecule has 0 aromatic heterocycles. The number of rotatable bonds is 13. The van der Waals surface area contributed by atoms with Crippen LogP contribution in [-0.2, 0) is 13.6 Å². The monoisotopic (exact) mass is 505 g/mol. The summed E-state index contributed by atoms with van der Waals surface area (Å²) >= 11 is -4.30. The molecule has 1 rings (SSSR count). The van der Waals surface area contributed by atoms with Crippen molar-refractivity contribution in [3.8, 4) is 0 Å². The van der Waals surface area contributed by atoms with Gasteiger partial charge in [-0.2, -0.15) is 0 Å². The van der Waals surface area contributed by atoms with Gasteiger partial charge in [-0.1, -0.05) is 0 Å². The summed E-state index contributed by atoms with van der Waals surface area (Å²) in [5.74, 6) is 0. The van der Waals surface area contributed by atoms with Gasteiger partial charge in [0.05, 0.1) is 0 Å². The van der Waals surface area contributed by atoms with Crippen molar-refractivity contribution in [1.82, 2.24) is 0 Å². The maximum atomic E-state index is 13.4. The predicted octanol–water partition coefficient (Wildman–Crippen LogP) is 6.62. The van der Waals surface area contributed by atoms with Crippen molar-refractivity contribution in [3.05, 3.63) is 24.3 Å². The van der Waals surface area contributed by atoms with Crippen LogP contribution in [0.5, 0.6) is 0 Å². The third kappa shape index (κ3) is 7.76. The Labute approximate surface area is 172 Å². The van der Waals surface area contributed by atoms with E-state index in [2.05, 4.69) is 39.9 Å². The summed E-state index contributed by atoms with van der Waals surface area (Å²) in [6, 6.07) is 8.04. The van der Waals surface area contributed by atoms with Crippen molar-refractivity contribution in [2.24, 2.45) is 0 Å². The molecule has 0 saturated carbocycles. The van der Waals surface area contributed by atoms with Crippen molar-refractivity contribution in [2.45, 2.75) is 97.1 Å². The van der Waals surface area contributed by atoms with Gasteiger partial charge in [0.1, 0.15) is 0 Å². The standard InChI is InChI=1S/C9H14O2SSi.3C4H9.Sn/c1-13(2,3)9-7-5-4-6-8(9)12(10)11;3*1-3-4-2;/h4-7H,1-3H3,(H,10,11);3*1,3-4H2,2H3;/q;;;;+1/p-1/i1D;;;;. The summed E-state index contributed by atoms with van der Waals surface area (Å²) in [4.78, 5) is 0.854. The first-order valence-electron chi connectivity index (χ1n) is 11.1. The van der Waals surface area contributed by atoms with Crippen LogP contribution in [-0.4, -0.2) is 31.1 Å². The van der Waals surface area contributed by atoms with Gasteiger partial charge in [-0.3, -0.25) is 0 Å². The Morgan fingerprint density at radius 2 is 1.50 bits per heavy atom. The molecule has 1 unspecified atom stereocenters. The van der Waals surface area contributed by atoms with E-state index in [1.165, 1.54) is 51.8 Å². The predicted molar refractivity (Wildman–Crippen MR) is 122 cm³/mol. The number of hydrogen-bond acceptors (Lipinski definition) is 2. The van der Waals surface area contributed by atoms with Crippen molar-refractivity contribution < 1.29 is 8.10 Å². The van der Waals surface area contributed by atoms with E-state index in [1.807, 2.05) is 18.2 Å². The Bertz CT molecular complexity index is 561. The maximum absolute atomic E-state index is 13.4. The molecule has 0 radical (unpaired) electrons. The topological polar surface area (TPSA) is 26.3 Å². The second-order valence-electron chi connectivity index (χ2n) is 8.19. The van der Waals surface area contributed by atoms with Gasteiger partial charge in [-0.05, 0) is 0 Å². The molecule has 26 heavy (non-hydrogen) atoms. The van der Waals surface area contributed by atoms with E-state index in [0.717, 1.165) is 10.1 Å². The Balaban J connectivity index is 3.18. The van der Waals surface area contributed by atoms with Gasteiger partial charge in [0.15, 0.2) is 0 Å². The molecule has 0 N–H and O–H groups in total. The molecule has 0 aliphatic rings. The molecular weight excluding hydrogens is 463 g/mol. The van der Waals surface area contributed by atoms with Gasteiger partial charge < -0.3 is 0 Å². The molecule has 0 saturated heterocycles. The molecule has 1 atom stereocenters. The van der Waals surface area contributed by atoms with Crippen LogP contribution in [0.3, 0.4) is 0 Å². The Hall–Kier alpha value is 0.346. The minimum absolute atomic E-state index is 0.414. The summed E-state index contributed by atoms with van der Waals surface area (Å²) in [5.41, 5.74) is 0. The molecule has 150 valence electrons. The zero-order valence-electron chi connectivity index (χ0n) is 18.6. The van der Waals surface area contributed by atoms with Gasteiger partial charge in [0, 0.05) is 0 Å². The van der Waals surface area contributed by atoms with Crippen LogP contribution in [0, 0.1) is 0 Å². The first kappa shape index (κ1) is 22.6. The van der Waals surface area contributed by atoms with Crippen LogP contribution in [0.15, 0.2) is 29.2 Å². The van der Waals surface area contributed by atoms with Crippen molar-refractivity contribution in [1.29, 1.82) is 0 Å². The third-order valence-corrected chi connectivity index (χ3v) is 23.5. The minimum atomic E-state index is -2.92. The van der Waals surface area contributed by atoms with Gasteiger partial charge in [-0.25, -0.2) is 0 Å². The number of benzene rings is 1. The van der Waals surface area contributed by atoms with Gasteiger partial charge >= 0.3 is 173 Å². The van der Waals surface area contributed by atoms with E-state index < -0.39 is 37.9 Å². The number of hydrogen-bond donors (Lipinski definition) is 0. The van der Waals surface area contributed by atoms with E-state index in [4.69, 9.17) is 3.89 Å². The molecule has 0 bridgehead atoms. The zero-order valence-corrected chi connectivity index (χ0v) is 22.3. The van der Waals surface area contributed by atoms with Crippen LogP contribution in [0.2, 0.25) is 32.9 Å². The summed E-state index contributed by atoms with van der Waals surface area (Å²) in [6.07, 6.45) is 7.16. The Morgan fingerprint density at radius 1 is 1.00 bits per heavy atom. The molecular formula is C21H40O2SSiSn. The van der Waals surface area contributed by atoms with Crippen molar-refractivity contribution >= 4 is 43.1 Å². The summed E-state index contributed by atoms with van der Waals surface area (Å²) < 4.78 is 31.6. The fourth-order valence-electron chi connectivity index (χ4n) is 3.37. The van der Waals surface area contributed by atoms with Gasteiger partial charge in [-0.15, -0.1) is 0 Å². The van der Waals surface area contributed by atoms with E-state index in [9.17, 15) is 4.21 Å². The third-order valence-electron chi connectivity index (χ3n) is 5.01. The molecule has 0 spiro atoms. The van der Waals surface area contributed by atoms with Gasteiger partial charge in [0.2, 0.25) is 0 Å². The molecule has 0 fully saturated rings. The molecule has 1 aromatic carbocycles. The second-order valence-corrected chi connectivity index (χ2v) is 26.0. The number of unbranched alkanes of at least 4 members (excludes halogenated alkanes) is 3. The zero-order chi connectivity index (χ0) is 20.3. The average molecular weight is 504 g/mol. The Morgan fingerprint density at radius 3 is 1.96 bits per heavy atom. The van der Waals surface area contributed by atoms with Crippen LogP contribution in [0.1, 0.15) is 60.7 Å². The normalized spacial score (nSPS) is 14.3. The average Bonchev–Trinajstić information content (AvgIpc) is 2.68. The molecule has 0 aliphatic carbocycles. The second kappa shape index (κ2) is 12.0. The SMILES string of the molecule is [2H]C[Si](C)(C)c1ccccc1S(=O)[O][Sn]([CH2]CCC)([CH2]CCC)[CH2]CCC. The van der Waals surface area contributed by atoms with E-state index in [1.54, 1.807) is 0 Å². The van der Waals surface area contributed by atoms with Crippen LogP contribution in [0.4, 0.5) is 0 Å². The summed E-state index contributed by atoms with van der Waals surface area (Å²) in [6.45, 7) is 11.5. The van der Waals surface area contributed by atoms with Crippen LogP contribution < -0.4 is 5.19 Å². The first-order valence-corrected chi connectivity index (χ1v) is 21.9. The molecule has 2 nitrogen and oxygen atoms in total. The quantitative estimate of drug-likeness (QED) is 0.283. The first-order chi connectivity index (χ1) is 12.9.